The van der Waals surface area contributed by atoms with Gasteiger partial charge in [-0.05, 0) is 38.8 Å². The van der Waals surface area contributed by atoms with Crippen LogP contribution in [0.1, 0.15) is 43.7 Å². The van der Waals surface area contributed by atoms with Crippen LogP contribution in [-0.2, 0) is 4.74 Å². The number of aryl methyl sites for hydroxylation is 2. The summed E-state index contributed by atoms with van der Waals surface area (Å²) in [7, 11) is 0. The highest BCUT2D eigenvalue weighted by Gasteiger charge is 2.63. The van der Waals surface area contributed by atoms with E-state index in [2.05, 4.69) is 15.3 Å². The molecule has 8 heteroatoms. The Labute approximate surface area is 167 Å². The number of amides is 2. The Bertz CT molecular complexity index is 938. The van der Waals surface area contributed by atoms with Gasteiger partial charge in [0.2, 0.25) is 0 Å². The highest BCUT2D eigenvalue weighted by molar-refractivity contribution is 7.13. The first-order valence-corrected chi connectivity index (χ1v) is 10.6. The third-order valence-electron chi connectivity index (χ3n) is 6.47. The van der Waals surface area contributed by atoms with Gasteiger partial charge >= 0.3 is 0 Å². The summed E-state index contributed by atoms with van der Waals surface area (Å²) in [5, 5.41) is 3.04. The number of nitrogens with zero attached hydrogens (tertiary/aromatic N) is 2. The lowest BCUT2D eigenvalue weighted by Gasteiger charge is -2.29. The van der Waals surface area contributed by atoms with Gasteiger partial charge < -0.3 is 19.9 Å². The average molecular weight is 401 g/mol. The zero-order valence-electron chi connectivity index (χ0n) is 16.0. The van der Waals surface area contributed by atoms with Crippen molar-refractivity contribution in [3.63, 3.8) is 0 Å². The Morgan fingerprint density at radius 1 is 1.43 bits per heavy atom. The number of hydrogen-bond donors (Lipinski definition) is 2. The molecule has 0 aromatic carbocycles. The van der Waals surface area contributed by atoms with Gasteiger partial charge in [-0.1, -0.05) is 0 Å². The number of H-pyrrole nitrogens is 1. The Morgan fingerprint density at radius 3 is 3.00 bits per heavy atom. The van der Waals surface area contributed by atoms with Crippen molar-refractivity contribution in [3.05, 3.63) is 39.6 Å². The maximum absolute atomic E-state index is 12.9. The summed E-state index contributed by atoms with van der Waals surface area (Å²) in [6.07, 6.45) is 3.73. The van der Waals surface area contributed by atoms with Crippen LogP contribution in [0.15, 0.2) is 18.3 Å². The van der Waals surface area contributed by atoms with E-state index in [1.165, 1.54) is 0 Å². The Kier molecular flexibility index (Phi) is 4.10. The van der Waals surface area contributed by atoms with Crippen molar-refractivity contribution in [3.8, 4) is 0 Å². The zero-order chi connectivity index (χ0) is 19.5. The molecule has 2 N–H and O–H groups in total. The maximum Gasteiger partial charge on any atom is 0.269 e. The summed E-state index contributed by atoms with van der Waals surface area (Å²) in [4.78, 5) is 36.2. The lowest BCUT2D eigenvalue weighted by atomic mass is 9.73. The van der Waals surface area contributed by atoms with Crippen LogP contribution in [0.3, 0.4) is 0 Å². The van der Waals surface area contributed by atoms with Gasteiger partial charge in [0.05, 0.1) is 29.3 Å². The minimum atomic E-state index is -0.230. The van der Waals surface area contributed by atoms with E-state index in [0.717, 1.165) is 28.4 Å². The van der Waals surface area contributed by atoms with Gasteiger partial charge in [0.1, 0.15) is 11.5 Å². The molecule has 5 rings (SSSR count). The topological polar surface area (TPSA) is 87.3 Å². The number of carbonyl (C=O) groups is 2. The van der Waals surface area contributed by atoms with Crippen molar-refractivity contribution >= 4 is 23.2 Å². The predicted molar refractivity (Wildman–Crippen MR) is 104 cm³/mol. The van der Waals surface area contributed by atoms with Crippen molar-refractivity contribution in [2.24, 2.45) is 11.8 Å². The number of nitrogens with one attached hydrogen (secondary N) is 2. The fourth-order valence-electron chi connectivity index (χ4n) is 5.17. The van der Waals surface area contributed by atoms with Gasteiger partial charge in [0, 0.05) is 29.8 Å². The van der Waals surface area contributed by atoms with E-state index >= 15 is 0 Å². The lowest BCUT2D eigenvalue weighted by molar-refractivity contribution is 0.00322. The standard InChI is InChI=1S/C20H24N4O3S/c1-11-3-4-17(28-11)19(26)24-9-14-13(16-5-6-20(14,10-24)27-16)7-22-18(25)15-8-21-12(2)23-15/h3-4,8,13-14,16H,5-7,9-10H2,1-2H3,(H,21,23)(H,22,25)/t13-,14+,16+,20+/m0/s1. The zero-order valence-corrected chi connectivity index (χ0v) is 16.8. The molecule has 4 atom stereocenters. The first kappa shape index (κ1) is 17.9. The maximum atomic E-state index is 12.9. The first-order chi connectivity index (χ1) is 13.4. The van der Waals surface area contributed by atoms with Crippen LogP contribution in [0, 0.1) is 25.7 Å². The minimum absolute atomic E-state index is 0.102. The quantitative estimate of drug-likeness (QED) is 0.823. The smallest absolute Gasteiger partial charge is 0.269 e. The van der Waals surface area contributed by atoms with E-state index in [9.17, 15) is 9.59 Å². The molecule has 148 valence electrons. The van der Waals surface area contributed by atoms with Gasteiger partial charge in [-0.3, -0.25) is 9.59 Å². The molecule has 2 aromatic rings. The van der Waals surface area contributed by atoms with Crippen LogP contribution in [0.25, 0.3) is 0 Å². The third kappa shape index (κ3) is 2.78. The Balaban J connectivity index is 1.28. The SMILES string of the molecule is Cc1ncc(C(=O)NC[C@H]2[C@H]3CN(C(=O)c4ccc(C)s4)C[C@]34CC[C@H]2O4)[nH]1. The molecular weight excluding hydrogens is 376 g/mol. The second kappa shape index (κ2) is 6.42. The Hall–Kier alpha value is -2.19. The molecule has 0 unspecified atom stereocenters. The molecule has 2 aromatic heterocycles. The summed E-state index contributed by atoms with van der Waals surface area (Å²) in [5.74, 6) is 1.20. The number of thiophene rings is 1. The van der Waals surface area contributed by atoms with E-state index in [1.54, 1.807) is 17.5 Å². The second-order valence-corrected chi connectivity index (χ2v) is 9.51. The highest BCUT2D eigenvalue weighted by atomic mass is 32.1. The number of aromatic nitrogens is 2. The second-order valence-electron chi connectivity index (χ2n) is 8.22. The van der Waals surface area contributed by atoms with Gasteiger partial charge in [0.25, 0.3) is 11.8 Å². The molecule has 7 nitrogen and oxygen atoms in total. The number of imidazole rings is 1. The molecule has 3 aliphatic heterocycles. The third-order valence-corrected chi connectivity index (χ3v) is 7.46. The summed E-state index contributed by atoms with van der Waals surface area (Å²) >= 11 is 1.54. The highest BCUT2D eigenvalue weighted by Crippen LogP contribution is 2.54. The molecule has 2 bridgehead atoms. The number of fused-ring (bicyclic) bond motifs is 1. The van der Waals surface area contributed by atoms with Crippen molar-refractivity contribution in [2.45, 2.75) is 38.4 Å². The van der Waals surface area contributed by atoms with Crippen molar-refractivity contribution in [1.29, 1.82) is 0 Å². The number of likely N-dealkylation sites (tertiary alicyclic amines) is 1. The lowest BCUT2D eigenvalue weighted by Crippen LogP contribution is -2.42. The molecular formula is C20H24N4O3S. The fourth-order valence-corrected chi connectivity index (χ4v) is 6.00. The van der Waals surface area contributed by atoms with E-state index in [4.69, 9.17) is 4.74 Å². The largest absolute Gasteiger partial charge is 0.369 e. The van der Waals surface area contributed by atoms with Gasteiger partial charge in [0.15, 0.2) is 0 Å². The molecule has 0 radical (unpaired) electrons. The van der Waals surface area contributed by atoms with Crippen LogP contribution in [0.2, 0.25) is 0 Å². The summed E-state index contributed by atoms with van der Waals surface area (Å²) in [5.41, 5.74) is 0.250. The molecule has 3 saturated heterocycles. The fraction of sp³-hybridized carbons (Fsp3) is 0.550. The van der Waals surface area contributed by atoms with Crippen LogP contribution >= 0.6 is 11.3 Å². The van der Waals surface area contributed by atoms with E-state index < -0.39 is 0 Å². The summed E-state index contributed by atoms with van der Waals surface area (Å²) in [6.45, 7) is 5.77. The van der Waals surface area contributed by atoms with Gasteiger partial charge in [-0.25, -0.2) is 4.98 Å². The predicted octanol–water partition coefficient (Wildman–Crippen LogP) is 2.14. The molecule has 0 saturated carbocycles. The van der Waals surface area contributed by atoms with Gasteiger partial charge in [-0.15, -0.1) is 11.3 Å². The number of carbonyl (C=O) groups excluding carboxylic acids is 2. The van der Waals surface area contributed by atoms with Gasteiger partial charge in [-0.2, -0.15) is 0 Å². The molecule has 3 aliphatic rings. The van der Waals surface area contributed by atoms with Crippen molar-refractivity contribution in [1.82, 2.24) is 20.2 Å². The van der Waals surface area contributed by atoms with Crippen LogP contribution in [0.5, 0.6) is 0 Å². The minimum Gasteiger partial charge on any atom is -0.369 e. The normalized spacial score (nSPS) is 30.6. The molecule has 2 amide bonds. The number of hydrogen-bond acceptors (Lipinski definition) is 5. The number of rotatable bonds is 4. The molecule has 0 aliphatic carbocycles. The molecule has 5 heterocycles. The molecule has 3 fully saturated rings. The van der Waals surface area contributed by atoms with E-state index in [1.807, 2.05) is 30.9 Å². The van der Waals surface area contributed by atoms with Crippen LogP contribution in [0.4, 0.5) is 0 Å². The Morgan fingerprint density at radius 2 is 2.29 bits per heavy atom. The first-order valence-electron chi connectivity index (χ1n) is 9.78. The molecule has 1 spiro atoms. The van der Waals surface area contributed by atoms with Crippen LogP contribution < -0.4 is 5.32 Å². The van der Waals surface area contributed by atoms with Crippen LogP contribution in [-0.4, -0.2) is 58.0 Å². The summed E-state index contributed by atoms with van der Waals surface area (Å²) in [6, 6.07) is 3.90. The summed E-state index contributed by atoms with van der Waals surface area (Å²) < 4.78 is 6.40. The van der Waals surface area contributed by atoms with Crippen molar-refractivity contribution < 1.29 is 14.3 Å². The molecule has 28 heavy (non-hydrogen) atoms. The number of ether oxygens (including phenoxy) is 1. The van der Waals surface area contributed by atoms with E-state index in [0.29, 0.717) is 25.3 Å². The number of aromatic amines is 1. The van der Waals surface area contributed by atoms with Crippen molar-refractivity contribution in [2.75, 3.05) is 19.6 Å². The monoisotopic (exact) mass is 400 g/mol. The van der Waals surface area contributed by atoms with E-state index in [-0.39, 0.29) is 35.4 Å². The average Bonchev–Trinajstić information content (AvgIpc) is 3.45.